The molecule has 0 spiro atoms. The third kappa shape index (κ3) is 4.67. The van der Waals surface area contributed by atoms with E-state index in [9.17, 15) is 14.4 Å². The first-order valence-electron chi connectivity index (χ1n) is 9.31. The summed E-state index contributed by atoms with van der Waals surface area (Å²) in [6.07, 6.45) is -0.0523. The summed E-state index contributed by atoms with van der Waals surface area (Å²) in [7, 11) is 0. The molecule has 0 saturated carbocycles. The van der Waals surface area contributed by atoms with Gasteiger partial charge in [0.15, 0.2) is 6.61 Å². The molecule has 1 heterocycles. The number of benzene rings is 2. The van der Waals surface area contributed by atoms with Gasteiger partial charge in [0, 0.05) is 10.0 Å². The number of carbonyl (C=O) groups excluding carboxylic acids is 3. The fraction of sp³-hybridized carbons (Fsp3) is 0.318. The van der Waals surface area contributed by atoms with Gasteiger partial charge in [0.2, 0.25) is 5.91 Å². The van der Waals surface area contributed by atoms with E-state index in [1.165, 1.54) is 4.90 Å². The quantitative estimate of drug-likeness (QED) is 0.639. The van der Waals surface area contributed by atoms with E-state index >= 15 is 0 Å². The van der Waals surface area contributed by atoms with E-state index in [0.717, 1.165) is 9.37 Å². The molecule has 0 bridgehead atoms. The van der Waals surface area contributed by atoms with Crippen LogP contribution < -0.4 is 9.64 Å². The highest BCUT2D eigenvalue weighted by atomic mass is 79.9. The van der Waals surface area contributed by atoms with Gasteiger partial charge in [0.05, 0.1) is 12.1 Å². The van der Waals surface area contributed by atoms with Crippen molar-refractivity contribution in [2.75, 3.05) is 11.5 Å². The Morgan fingerprint density at radius 2 is 1.72 bits per heavy atom. The van der Waals surface area contributed by atoms with E-state index in [2.05, 4.69) is 15.9 Å². The Morgan fingerprint density at radius 3 is 2.31 bits per heavy atom. The lowest BCUT2D eigenvalue weighted by Crippen LogP contribution is -2.55. The number of nitrogens with zero attached hydrogens (tertiary/aromatic N) is 2. The Bertz CT molecular complexity index is 907. The zero-order chi connectivity index (χ0) is 21.2. The first-order valence-corrected chi connectivity index (χ1v) is 10.1. The number of hydrogen-bond acceptors (Lipinski definition) is 4. The maximum atomic E-state index is 13.1. The van der Waals surface area contributed by atoms with Crippen molar-refractivity contribution in [3.05, 3.63) is 59.1 Å². The van der Waals surface area contributed by atoms with Gasteiger partial charge >= 0.3 is 0 Å². The number of amides is 3. The van der Waals surface area contributed by atoms with Gasteiger partial charge < -0.3 is 9.64 Å². The predicted octanol–water partition coefficient (Wildman–Crippen LogP) is 3.79. The van der Waals surface area contributed by atoms with Crippen LogP contribution in [0.3, 0.4) is 0 Å². The molecule has 2 aromatic rings. The Balaban J connectivity index is 1.81. The molecule has 6 nitrogen and oxygen atoms in total. The molecular formula is C22H23BrN2O4. The second-order valence-electron chi connectivity index (χ2n) is 7.80. The molecule has 2 aromatic carbocycles. The summed E-state index contributed by atoms with van der Waals surface area (Å²) < 4.78 is 6.43. The molecule has 0 N–H and O–H groups in total. The monoisotopic (exact) mass is 458 g/mol. The molecule has 3 rings (SSSR count). The first-order chi connectivity index (χ1) is 13.7. The molecule has 7 heteroatoms. The maximum absolute atomic E-state index is 13.1. The second-order valence-corrected chi connectivity index (χ2v) is 8.72. The highest BCUT2D eigenvalue weighted by molar-refractivity contribution is 9.10. The molecule has 1 aliphatic heterocycles. The van der Waals surface area contributed by atoms with Crippen LogP contribution in [-0.2, 0) is 14.4 Å². The SMILES string of the molecule is CC(C)(C)N(C(=O)COc1ccccc1)C1CC(=O)N(c2ccc(Br)cc2)C1=O. The van der Waals surface area contributed by atoms with E-state index in [0.29, 0.717) is 11.4 Å². The van der Waals surface area contributed by atoms with Crippen LogP contribution in [0.25, 0.3) is 0 Å². The van der Waals surface area contributed by atoms with Gasteiger partial charge in [-0.1, -0.05) is 34.1 Å². The molecule has 1 fully saturated rings. The van der Waals surface area contributed by atoms with Gasteiger partial charge in [-0.3, -0.25) is 14.4 Å². The summed E-state index contributed by atoms with van der Waals surface area (Å²) in [6, 6.07) is 15.1. The van der Waals surface area contributed by atoms with Crippen LogP contribution in [0.15, 0.2) is 59.1 Å². The Labute approximate surface area is 178 Å². The van der Waals surface area contributed by atoms with Crippen molar-refractivity contribution >= 4 is 39.3 Å². The number of carbonyl (C=O) groups is 3. The molecule has 0 aromatic heterocycles. The number of anilines is 1. The van der Waals surface area contributed by atoms with Gasteiger partial charge in [-0.2, -0.15) is 0 Å². The third-order valence-electron chi connectivity index (χ3n) is 4.62. The van der Waals surface area contributed by atoms with Crippen molar-refractivity contribution in [1.82, 2.24) is 4.90 Å². The first kappa shape index (κ1) is 21.0. The Hall–Kier alpha value is -2.67. The molecule has 1 atom stereocenters. The zero-order valence-electron chi connectivity index (χ0n) is 16.6. The predicted molar refractivity (Wildman–Crippen MR) is 114 cm³/mol. The normalized spacial score (nSPS) is 16.8. The number of imide groups is 1. The summed E-state index contributed by atoms with van der Waals surface area (Å²) in [5.74, 6) is -0.501. The van der Waals surface area contributed by atoms with Gasteiger partial charge in [-0.25, -0.2) is 4.90 Å². The van der Waals surface area contributed by atoms with Crippen molar-refractivity contribution in [2.45, 2.75) is 38.8 Å². The fourth-order valence-corrected chi connectivity index (χ4v) is 3.69. The van der Waals surface area contributed by atoms with E-state index in [1.807, 2.05) is 39.0 Å². The number of para-hydroxylation sites is 1. The maximum Gasteiger partial charge on any atom is 0.261 e. The van der Waals surface area contributed by atoms with Crippen molar-refractivity contribution in [2.24, 2.45) is 0 Å². The summed E-state index contributed by atoms with van der Waals surface area (Å²) in [4.78, 5) is 41.4. The van der Waals surface area contributed by atoms with Gasteiger partial charge in [-0.05, 0) is 57.2 Å². The van der Waals surface area contributed by atoms with Crippen LogP contribution in [0.5, 0.6) is 5.75 Å². The molecule has 0 aliphatic carbocycles. The zero-order valence-corrected chi connectivity index (χ0v) is 18.2. The molecular weight excluding hydrogens is 436 g/mol. The Morgan fingerprint density at radius 1 is 1.10 bits per heavy atom. The van der Waals surface area contributed by atoms with E-state index in [-0.39, 0.29) is 24.8 Å². The van der Waals surface area contributed by atoms with E-state index < -0.39 is 17.5 Å². The lowest BCUT2D eigenvalue weighted by atomic mass is 10.0. The second kappa shape index (κ2) is 8.37. The van der Waals surface area contributed by atoms with Gasteiger partial charge in [0.25, 0.3) is 11.8 Å². The standard InChI is InChI=1S/C22H23BrN2O4/c1-22(2,3)25(20(27)14-29-17-7-5-4-6-8-17)18-13-19(26)24(21(18)28)16-11-9-15(23)10-12-16/h4-12,18H,13-14H2,1-3H3. The number of ether oxygens (including phenoxy) is 1. The van der Waals surface area contributed by atoms with Gasteiger partial charge in [-0.15, -0.1) is 0 Å². The Kier molecular flexibility index (Phi) is 6.07. The molecule has 0 radical (unpaired) electrons. The topological polar surface area (TPSA) is 66.9 Å². The smallest absolute Gasteiger partial charge is 0.261 e. The number of rotatable bonds is 5. The largest absolute Gasteiger partial charge is 0.484 e. The average molecular weight is 459 g/mol. The van der Waals surface area contributed by atoms with Crippen LogP contribution in [-0.4, -0.2) is 40.8 Å². The van der Waals surface area contributed by atoms with E-state index in [4.69, 9.17) is 4.74 Å². The minimum atomic E-state index is -0.863. The summed E-state index contributed by atoms with van der Waals surface area (Å²) in [5.41, 5.74) is -0.166. The van der Waals surface area contributed by atoms with Crippen molar-refractivity contribution < 1.29 is 19.1 Å². The van der Waals surface area contributed by atoms with Crippen LogP contribution in [0.4, 0.5) is 5.69 Å². The molecule has 1 saturated heterocycles. The molecule has 152 valence electrons. The van der Waals surface area contributed by atoms with E-state index in [1.54, 1.807) is 36.4 Å². The summed E-state index contributed by atoms with van der Waals surface area (Å²) in [6.45, 7) is 5.31. The van der Waals surface area contributed by atoms with Crippen LogP contribution in [0, 0.1) is 0 Å². The lowest BCUT2D eigenvalue weighted by molar-refractivity contribution is -0.145. The van der Waals surface area contributed by atoms with Crippen LogP contribution >= 0.6 is 15.9 Å². The number of hydrogen-bond donors (Lipinski definition) is 0. The van der Waals surface area contributed by atoms with Crippen LogP contribution in [0.2, 0.25) is 0 Å². The minimum Gasteiger partial charge on any atom is -0.484 e. The highest BCUT2D eigenvalue weighted by Gasteiger charge is 2.47. The summed E-state index contributed by atoms with van der Waals surface area (Å²) in [5, 5.41) is 0. The summed E-state index contributed by atoms with van der Waals surface area (Å²) >= 11 is 3.35. The third-order valence-corrected chi connectivity index (χ3v) is 5.14. The average Bonchev–Trinajstić information content (AvgIpc) is 2.95. The van der Waals surface area contributed by atoms with Crippen molar-refractivity contribution in [1.29, 1.82) is 0 Å². The molecule has 1 aliphatic rings. The van der Waals surface area contributed by atoms with Crippen LogP contribution in [0.1, 0.15) is 27.2 Å². The highest BCUT2D eigenvalue weighted by Crippen LogP contribution is 2.30. The molecule has 3 amide bonds. The van der Waals surface area contributed by atoms with Crippen molar-refractivity contribution in [3.8, 4) is 5.75 Å². The molecule has 1 unspecified atom stereocenters. The van der Waals surface area contributed by atoms with Crippen molar-refractivity contribution in [3.63, 3.8) is 0 Å². The molecule has 29 heavy (non-hydrogen) atoms. The fourth-order valence-electron chi connectivity index (χ4n) is 3.43. The van der Waals surface area contributed by atoms with Gasteiger partial charge in [0.1, 0.15) is 11.8 Å². The minimum absolute atomic E-state index is 0.0523. The number of halogens is 1. The lowest BCUT2D eigenvalue weighted by Gasteiger charge is -2.39.